The van der Waals surface area contributed by atoms with E-state index in [0.717, 1.165) is 50.8 Å². The van der Waals surface area contributed by atoms with Crippen molar-refractivity contribution in [1.29, 1.82) is 0 Å². The Hall–Kier alpha value is -0.830. The third-order valence-electron chi connectivity index (χ3n) is 3.49. The second kappa shape index (κ2) is 5.48. The number of nitrogens with zero attached hydrogens (tertiary/aromatic N) is 1. The van der Waals surface area contributed by atoms with Crippen LogP contribution in [0.25, 0.3) is 0 Å². The largest absolute Gasteiger partial charge is 0.480 e. The maximum Gasteiger partial charge on any atom is 0.324 e. The lowest BCUT2D eigenvalue weighted by Gasteiger charge is -2.34. The number of aliphatic carboxylic acids is 1. The highest BCUT2D eigenvalue weighted by Crippen LogP contribution is 2.34. The summed E-state index contributed by atoms with van der Waals surface area (Å²) in [6.07, 6.45) is 4.39. The molecular formula is C13H23NO2. The van der Waals surface area contributed by atoms with Gasteiger partial charge in [0.25, 0.3) is 0 Å². The first kappa shape index (κ1) is 13.2. The molecule has 0 saturated carbocycles. The topological polar surface area (TPSA) is 40.5 Å². The minimum Gasteiger partial charge on any atom is -0.480 e. The fraction of sp³-hybridized carbons (Fsp3) is 0.769. The molecule has 1 aliphatic rings. The summed E-state index contributed by atoms with van der Waals surface area (Å²) in [5, 5.41) is 9.47. The molecule has 1 N–H and O–H groups in total. The highest BCUT2D eigenvalue weighted by Gasteiger charge is 2.46. The molecule has 0 radical (unpaired) electrons. The van der Waals surface area contributed by atoms with Crippen LogP contribution in [0.4, 0.5) is 0 Å². The van der Waals surface area contributed by atoms with E-state index in [4.69, 9.17) is 0 Å². The summed E-state index contributed by atoms with van der Waals surface area (Å²) in [5.74, 6) is -0.645. The van der Waals surface area contributed by atoms with Crippen LogP contribution in [-0.4, -0.2) is 34.6 Å². The van der Waals surface area contributed by atoms with Crippen LogP contribution in [0.15, 0.2) is 12.2 Å². The molecule has 0 amide bonds. The van der Waals surface area contributed by atoms with Crippen LogP contribution in [0, 0.1) is 0 Å². The van der Waals surface area contributed by atoms with Gasteiger partial charge < -0.3 is 5.11 Å². The molecule has 1 aliphatic heterocycles. The molecule has 1 rings (SSSR count). The van der Waals surface area contributed by atoms with Crippen molar-refractivity contribution in [3.63, 3.8) is 0 Å². The second-order valence-corrected chi connectivity index (χ2v) is 4.88. The van der Waals surface area contributed by atoms with Crippen molar-refractivity contribution in [2.45, 2.75) is 51.5 Å². The van der Waals surface area contributed by atoms with E-state index in [2.05, 4.69) is 18.4 Å². The molecule has 1 heterocycles. The van der Waals surface area contributed by atoms with E-state index < -0.39 is 11.5 Å². The first-order chi connectivity index (χ1) is 7.53. The zero-order chi connectivity index (χ0) is 12.2. The minimum atomic E-state index is -0.645. The summed E-state index contributed by atoms with van der Waals surface area (Å²) >= 11 is 0. The fourth-order valence-corrected chi connectivity index (χ4v) is 2.63. The van der Waals surface area contributed by atoms with Gasteiger partial charge in [-0.3, -0.25) is 9.69 Å². The number of hydrogen-bond donors (Lipinski definition) is 1. The van der Waals surface area contributed by atoms with E-state index in [-0.39, 0.29) is 0 Å². The highest BCUT2D eigenvalue weighted by molar-refractivity contribution is 5.79. The molecule has 1 fully saturated rings. The van der Waals surface area contributed by atoms with Gasteiger partial charge in [-0.1, -0.05) is 18.9 Å². The van der Waals surface area contributed by atoms with Crippen LogP contribution >= 0.6 is 0 Å². The lowest BCUT2D eigenvalue weighted by molar-refractivity contribution is -0.150. The molecule has 0 aromatic carbocycles. The summed E-state index contributed by atoms with van der Waals surface area (Å²) < 4.78 is 0. The van der Waals surface area contributed by atoms with Crippen molar-refractivity contribution >= 4 is 5.97 Å². The maximum atomic E-state index is 11.5. The summed E-state index contributed by atoms with van der Waals surface area (Å²) in [4.78, 5) is 13.7. The minimum absolute atomic E-state index is 0.593. The van der Waals surface area contributed by atoms with Gasteiger partial charge in [0, 0.05) is 6.54 Å². The van der Waals surface area contributed by atoms with E-state index in [0.29, 0.717) is 0 Å². The summed E-state index contributed by atoms with van der Waals surface area (Å²) in [6, 6.07) is 0. The predicted octanol–water partition coefficient (Wildman–Crippen LogP) is 2.67. The van der Waals surface area contributed by atoms with Gasteiger partial charge >= 0.3 is 5.97 Å². The van der Waals surface area contributed by atoms with Crippen molar-refractivity contribution in [3.8, 4) is 0 Å². The smallest absolute Gasteiger partial charge is 0.324 e. The Balaban J connectivity index is 2.72. The second-order valence-electron chi connectivity index (χ2n) is 4.88. The molecule has 3 heteroatoms. The molecule has 92 valence electrons. The lowest BCUT2D eigenvalue weighted by Crippen LogP contribution is -2.50. The normalized spacial score (nSPS) is 25.9. The van der Waals surface area contributed by atoms with Crippen LogP contribution in [0.1, 0.15) is 46.0 Å². The van der Waals surface area contributed by atoms with E-state index in [1.807, 2.05) is 6.92 Å². The number of carbonyl (C=O) groups is 1. The van der Waals surface area contributed by atoms with E-state index in [1.165, 1.54) is 0 Å². The molecule has 16 heavy (non-hydrogen) atoms. The van der Waals surface area contributed by atoms with Gasteiger partial charge in [0.05, 0.1) is 0 Å². The van der Waals surface area contributed by atoms with Gasteiger partial charge in [-0.15, -0.1) is 6.58 Å². The predicted molar refractivity (Wildman–Crippen MR) is 65.5 cm³/mol. The first-order valence-corrected chi connectivity index (χ1v) is 6.16. The Morgan fingerprint density at radius 2 is 2.25 bits per heavy atom. The third kappa shape index (κ3) is 2.64. The van der Waals surface area contributed by atoms with Gasteiger partial charge in [-0.2, -0.15) is 0 Å². The van der Waals surface area contributed by atoms with Gasteiger partial charge in [0.2, 0.25) is 0 Å². The number of hydrogen-bond acceptors (Lipinski definition) is 2. The van der Waals surface area contributed by atoms with Crippen LogP contribution in [-0.2, 0) is 4.79 Å². The van der Waals surface area contributed by atoms with Crippen LogP contribution in [0.5, 0.6) is 0 Å². The molecule has 0 aromatic heterocycles. The number of likely N-dealkylation sites (tertiary alicyclic amines) is 1. The van der Waals surface area contributed by atoms with Gasteiger partial charge in [-0.25, -0.2) is 0 Å². The number of carboxylic acids is 1. The van der Waals surface area contributed by atoms with Crippen LogP contribution in [0.3, 0.4) is 0 Å². The van der Waals surface area contributed by atoms with E-state index >= 15 is 0 Å². The summed E-state index contributed by atoms with van der Waals surface area (Å²) in [7, 11) is 0. The lowest BCUT2D eigenvalue weighted by atomic mass is 9.90. The summed E-state index contributed by atoms with van der Waals surface area (Å²) in [5.41, 5.74) is 0.534. The van der Waals surface area contributed by atoms with Crippen molar-refractivity contribution in [2.24, 2.45) is 0 Å². The molecule has 0 spiro atoms. The van der Waals surface area contributed by atoms with Crippen molar-refractivity contribution in [1.82, 2.24) is 4.90 Å². The highest BCUT2D eigenvalue weighted by atomic mass is 16.4. The maximum absolute atomic E-state index is 11.5. The van der Waals surface area contributed by atoms with Gasteiger partial charge in [-0.05, 0) is 39.2 Å². The van der Waals surface area contributed by atoms with Crippen molar-refractivity contribution in [3.05, 3.63) is 12.2 Å². The fourth-order valence-electron chi connectivity index (χ4n) is 2.63. The standard InChI is InChI=1S/C13H23NO2/c1-4-7-13(12(15)16)8-5-9-14(13)10-6-11(2)3/h2,4-10H2,1,3H3,(H,15,16). The van der Waals surface area contributed by atoms with Crippen molar-refractivity contribution in [2.75, 3.05) is 13.1 Å². The monoisotopic (exact) mass is 225 g/mol. The molecular weight excluding hydrogens is 202 g/mol. The Bertz CT molecular complexity index is 275. The molecule has 1 atom stereocenters. The van der Waals surface area contributed by atoms with Gasteiger partial charge in [0.15, 0.2) is 0 Å². The average molecular weight is 225 g/mol. The van der Waals surface area contributed by atoms with E-state index in [1.54, 1.807) is 0 Å². The van der Waals surface area contributed by atoms with Gasteiger partial charge in [0.1, 0.15) is 5.54 Å². The molecule has 0 aliphatic carbocycles. The van der Waals surface area contributed by atoms with Crippen LogP contribution in [0.2, 0.25) is 0 Å². The molecule has 3 nitrogen and oxygen atoms in total. The molecule has 1 saturated heterocycles. The molecule has 0 bridgehead atoms. The zero-order valence-corrected chi connectivity index (χ0v) is 10.5. The Morgan fingerprint density at radius 1 is 1.56 bits per heavy atom. The third-order valence-corrected chi connectivity index (χ3v) is 3.49. The molecule has 0 aromatic rings. The summed E-state index contributed by atoms with van der Waals surface area (Å²) in [6.45, 7) is 9.69. The van der Waals surface area contributed by atoms with E-state index in [9.17, 15) is 9.90 Å². The Kier molecular flexibility index (Phi) is 4.54. The number of rotatable bonds is 6. The molecule has 1 unspecified atom stereocenters. The quantitative estimate of drug-likeness (QED) is 0.706. The van der Waals surface area contributed by atoms with Crippen molar-refractivity contribution < 1.29 is 9.90 Å². The van der Waals surface area contributed by atoms with Crippen LogP contribution < -0.4 is 0 Å². The first-order valence-electron chi connectivity index (χ1n) is 6.16. The Morgan fingerprint density at radius 3 is 2.75 bits per heavy atom. The number of carboxylic acid groups (broad SMARTS) is 1. The zero-order valence-electron chi connectivity index (χ0n) is 10.5. The average Bonchev–Trinajstić information content (AvgIpc) is 2.60. The SMILES string of the molecule is C=C(C)CCN1CCCC1(CCC)C(=O)O. The Labute approximate surface area is 98.1 Å².